The van der Waals surface area contributed by atoms with Gasteiger partial charge >= 0.3 is 5.97 Å². The molecular formula is C16H17NO3S. The number of benzene rings is 1. The summed E-state index contributed by atoms with van der Waals surface area (Å²) in [6.45, 7) is 7.18. The molecule has 0 radical (unpaired) electrons. The van der Waals surface area contributed by atoms with Crippen molar-refractivity contribution < 1.29 is 14.3 Å². The van der Waals surface area contributed by atoms with E-state index in [-0.39, 0.29) is 12.4 Å². The maximum absolute atomic E-state index is 12.1. The third-order valence-electron chi connectivity index (χ3n) is 3.11. The average molecular weight is 303 g/mol. The van der Waals surface area contributed by atoms with E-state index in [2.05, 4.69) is 4.98 Å². The van der Waals surface area contributed by atoms with Crippen molar-refractivity contribution in [3.63, 3.8) is 0 Å². The monoisotopic (exact) mass is 303 g/mol. The van der Waals surface area contributed by atoms with Crippen LogP contribution in [0.3, 0.4) is 0 Å². The number of esters is 1. The summed E-state index contributed by atoms with van der Waals surface area (Å²) in [4.78, 5) is 28.7. The molecule has 0 saturated heterocycles. The number of ether oxygens (including phenoxy) is 1. The molecule has 1 heterocycles. The van der Waals surface area contributed by atoms with Gasteiger partial charge in [0, 0.05) is 5.56 Å². The SMILES string of the molecule is Cc1ccc(C(=O)COC(=O)c2sc(C)nc2C)c(C)c1. The number of Topliss-reactive ketones (excluding diaryl/α,β-unsaturated/α-hetero) is 1. The van der Waals surface area contributed by atoms with Gasteiger partial charge in [-0.3, -0.25) is 4.79 Å². The minimum Gasteiger partial charge on any atom is -0.453 e. The number of aryl methyl sites for hydroxylation is 4. The van der Waals surface area contributed by atoms with Crippen LogP contribution in [0.25, 0.3) is 0 Å². The van der Waals surface area contributed by atoms with Crippen molar-refractivity contribution in [2.75, 3.05) is 6.61 Å². The number of hydrogen-bond donors (Lipinski definition) is 0. The number of hydrogen-bond acceptors (Lipinski definition) is 5. The first-order valence-corrected chi connectivity index (χ1v) is 7.41. The van der Waals surface area contributed by atoms with Crippen LogP contribution >= 0.6 is 11.3 Å². The zero-order valence-corrected chi connectivity index (χ0v) is 13.3. The van der Waals surface area contributed by atoms with Gasteiger partial charge in [-0.2, -0.15) is 0 Å². The van der Waals surface area contributed by atoms with Gasteiger partial charge < -0.3 is 4.74 Å². The molecule has 4 nitrogen and oxygen atoms in total. The predicted molar refractivity (Wildman–Crippen MR) is 82.1 cm³/mol. The molecule has 0 bridgehead atoms. The molecule has 0 N–H and O–H groups in total. The van der Waals surface area contributed by atoms with Crippen molar-refractivity contribution in [1.29, 1.82) is 0 Å². The quantitative estimate of drug-likeness (QED) is 0.641. The predicted octanol–water partition coefficient (Wildman–Crippen LogP) is 3.42. The van der Waals surface area contributed by atoms with Crippen molar-refractivity contribution in [1.82, 2.24) is 4.98 Å². The van der Waals surface area contributed by atoms with Gasteiger partial charge in [0.05, 0.1) is 10.7 Å². The smallest absolute Gasteiger partial charge is 0.350 e. The summed E-state index contributed by atoms with van der Waals surface area (Å²) in [5, 5.41) is 0.806. The normalized spacial score (nSPS) is 10.5. The van der Waals surface area contributed by atoms with Gasteiger partial charge in [0.15, 0.2) is 6.61 Å². The van der Waals surface area contributed by atoms with Crippen LogP contribution in [0.15, 0.2) is 18.2 Å². The fourth-order valence-electron chi connectivity index (χ4n) is 2.12. The summed E-state index contributed by atoms with van der Waals surface area (Å²) in [7, 11) is 0. The molecule has 21 heavy (non-hydrogen) atoms. The lowest BCUT2D eigenvalue weighted by Gasteiger charge is -2.07. The Balaban J connectivity index is 2.04. The molecule has 0 aliphatic carbocycles. The molecule has 0 aliphatic heterocycles. The zero-order chi connectivity index (χ0) is 15.6. The van der Waals surface area contributed by atoms with Crippen molar-refractivity contribution in [2.45, 2.75) is 27.7 Å². The summed E-state index contributed by atoms with van der Waals surface area (Å²) in [5.41, 5.74) is 3.21. The third-order valence-corrected chi connectivity index (χ3v) is 4.16. The van der Waals surface area contributed by atoms with Crippen LogP contribution in [0, 0.1) is 27.7 Å². The maximum Gasteiger partial charge on any atom is 0.350 e. The van der Waals surface area contributed by atoms with Crippen molar-refractivity contribution in [3.05, 3.63) is 50.5 Å². The Labute approximate surface area is 127 Å². The number of rotatable bonds is 4. The number of nitrogens with zero attached hydrogens (tertiary/aromatic N) is 1. The molecule has 0 spiro atoms. The maximum atomic E-state index is 12.1. The van der Waals surface area contributed by atoms with E-state index in [4.69, 9.17) is 4.74 Å². The van der Waals surface area contributed by atoms with Crippen molar-refractivity contribution in [3.8, 4) is 0 Å². The summed E-state index contributed by atoms with van der Waals surface area (Å²) in [6, 6.07) is 5.58. The van der Waals surface area contributed by atoms with Gasteiger partial charge in [0.1, 0.15) is 4.88 Å². The highest BCUT2D eigenvalue weighted by Crippen LogP contribution is 2.18. The molecule has 0 saturated carbocycles. The van der Waals surface area contributed by atoms with E-state index in [1.807, 2.05) is 32.9 Å². The molecule has 0 fully saturated rings. The van der Waals surface area contributed by atoms with Gasteiger partial charge in [0.25, 0.3) is 0 Å². The van der Waals surface area contributed by atoms with Crippen LogP contribution < -0.4 is 0 Å². The van der Waals surface area contributed by atoms with E-state index in [9.17, 15) is 9.59 Å². The zero-order valence-electron chi connectivity index (χ0n) is 12.5. The molecule has 0 amide bonds. The van der Waals surface area contributed by atoms with Crippen LogP contribution in [0.1, 0.15) is 41.9 Å². The highest BCUT2D eigenvalue weighted by molar-refractivity contribution is 7.13. The highest BCUT2D eigenvalue weighted by atomic mass is 32.1. The van der Waals surface area contributed by atoms with E-state index >= 15 is 0 Å². The van der Waals surface area contributed by atoms with Crippen LogP contribution in [-0.4, -0.2) is 23.3 Å². The molecule has 5 heteroatoms. The minimum atomic E-state index is -0.490. The standard InChI is InChI=1S/C16H17NO3S/c1-9-5-6-13(10(2)7-9)14(18)8-20-16(19)15-11(3)17-12(4)21-15/h5-7H,8H2,1-4H3. The molecule has 1 aromatic heterocycles. The molecule has 0 aliphatic rings. The van der Waals surface area contributed by atoms with E-state index in [1.165, 1.54) is 11.3 Å². The number of carbonyl (C=O) groups is 2. The second-order valence-electron chi connectivity index (χ2n) is 4.97. The lowest BCUT2D eigenvalue weighted by atomic mass is 10.0. The molecule has 1 aromatic carbocycles. The van der Waals surface area contributed by atoms with Crippen molar-refractivity contribution in [2.24, 2.45) is 0 Å². The topological polar surface area (TPSA) is 56.3 Å². The van der Waals surface area contributed by atoms with E-state index in [1.54, 1.807) is 13.0 Å². The fourth-order valence-corrected chi connectivity index (χ4v) is 2.94. The molecule has 2 aromatic rings. The van der Waals surface area contributed by atoms with Crippen molar-refractivity contribution >= 4 is 23.1 Å². The summed E-state index contributed by atoms with van der Waals surface area (Å²) in [5.74, 6) is -0.684. The lowest BCUT2D eigenvalue weighted by Crippen LogP contribution is -2.15. The van der Waals surface area contributed by atoms with Crippen LogP contribution in [0.5, 0.6) is 0 Å². The van der Waals surface area contributed by atoms with E-state index < -0.39 is 5.97 Å². The number of ketones is 1. The summed E-state index contributed by atoms with van der Waals surface area (Å²) in [6.07, 6.45) is 0. The van der Waals surface area contributed by atoms with Gasteiger partial charge in [0.2, 0.25) is 5.78 Å². The largest absolute Gasteiger partial charge is 0.453 e. The van der Waals surface area contributed by atoms with Crippen LogP contribution in [0.4, 0.5) is 0 Å². The Kier molecular flexibility index (Phi) is 4.53. The molecule has 2 rings (SSSR count). The number of aromatic nitrogens is 1. The Morgan fingerprint density at radius 1 is 1.19 bits per heavy atom. The lowest BCUT2D eigenvalue weighted by molar-refractivity contribution is 0.0478. The van der Waals surface area contributed by atoms with Gasteiger partial charge in [-0.1, -0.05) is 23.8 Å². The van der Waals surface area contributed by atoms with Crippen LogP contribution in [0.2, 0.25) is 0 Å². The Morgan fingerprint density at radius 2 is 1.90 bits per heavy atom. The third kappa shape index (κ3) is 3.55. The molecular weight excluding hydrogens is 286 g/mol. The van der Waals surface area contributed by atoms with Gasteiger partial charge in [-0.25, -0.2) is 9.78 Å². The Hall–Kier alpha value is -2.01. The Bertz CT molecular complexity index is 704. The summed E-state index contributed by atoms with van der Waals surface area (Å²) >= 11 is 1.28. The Morgan fingerprint density at radius 3 is 2.48 bits per heavy atom. The molecule has 0 atom stereocenters. The first kappa shape index (κ1) is 15.4. The first-order chi connectivity index (χ1) is 9.88. The first-order valence-electron chi connectivity index (χ1n) is 6.60. The second-order valence-corrected chi connectivity index (χ2v) is 6.17. The summed E-state index contributed by atoms with van der Waals surface area (Å²) < 4.78 is 5.11. The number of carbonyl (C=O) groups excluding carboxylic acids is 2. The second kappa shape index (κ2) is 6.18. The molecule has 0 unspecified atom stereocenters. The number of thiazole rings is 1. The minimum absolute atomic E-state index is 0.195. The highest BCUT2D eigenvalue weighted by Gasteiger charge is 2.17. The van der Waals surface area contributed by atoms with Crippen LogP contribution in [-0.2, 0) is 4.74 Å². The average Bonchev–Trinajstić information content (AvgIpc) is 2.74. The van der Waals surface area contributed by atoms with E-state index in [0.29, 0.717) is 16.1 Å². The van der Waals surface area contributed by atoms with Gasteiger partial charge in [-0.15, -0.1) is 11.3 Å². The molecule has 110 valence electrons. The van der Waals surface area contributed by atoms with Gasteiger partial charge in [-0.05, 0) is 33.3 Å². The van der Waals surface area contributed by atoms with E-state index in [0.717, 1.165) is 16.1 Å². The fraction of sp³-hybridized carbons (Fsp3) is 0.312.